The largest absolute Gasteiger partial charge is 0.496 e. The number of aromatic nitrogens is 1. The lowest BCUT2D eigenvalue weighted by molar-refractivity contribution is 0.0519. The van der Waals surface area contributed by atoms with E-state index in [4.69, 9.17) is 19.6 Å². The summed E-state index contributed by atoms with van der Waals surface area (Å²) in [7, 11) is 1.53. The SMILES string of the molecule is CCOC(=O)c1cn2c(cc1=O)-c1cc(OC)c(/C(=C/NC(=O)OC(C)(C)C)C(C)=N)cc1CC2C(C)(C)C. The summed E-state index contributed by atoms with van der Waals surface area (Å²) in [6.07, 6.45) is 3.04. The molecule has 9 heteroatoms. The molecule has 0 aliphatic carbocycles. The van der Waals surface area contributed by atoms with Crippen LogP contribution in [-0.2, 0) is 15.9 Å². The van der Waals surface area contributed by atoms with E-state index in [2.05, 4.69) is 26.1 Å². The third-order valence-corrected chi connectivity index (χ3v) is 6.45. The molecule has 0 spiro atoms. The molecule has 2 aromatic rings. The Morgan fingerprint density at radius 1 is 1.13 bits per heavy atom. The van der Waals surface area contributed by atoms with Gasteiger partial charge in [0.2, 0.25) is 0 Å². The fraction of sp³-hybridized carbons (Fsp3) is 0.467. The molecule has 3 rings (SSSR count). The molecule has 1 atom stereocenters. The zero-order valence-corrected chi connectivity index (χ0v) is 24.3. The zero-order chi connectivity index (χ0) is 29.3. The highest BCUT2D eigenvalue weighted by Gasteiger charge is 2.34. The molecule has 210 valence electrons. The molecular weight excluding hydrogens is 498 g/mol. The molecule has 9 nitrogen and oxygen atoms in total. The first-order valence-electron chi connectivity index (χ1n) is 13.0. The summed E-state index contributed by atoms with van der Waals surface area (Å²) >= 11 is 0. The lowest BCUT2D eigenvalue weighted by Gasteiger charge is -2.39. The summed E-state index contributed by atoms with van der Waals surface area (Å²) in [6.45, 7) is 15.2. The van der Waals surface area contributed by atoms with Crippen molar-refractivity contribution in [1.29, 1.82) is 5.41 Å². The Morgan fingerprint density at radius 2 is 1.79 bits per heavy atom. The van der Waals surface area contributed by atoms with Crippen molar-refractivity contribution >= 4 is 23.3 Å². The quantitative estimate of drug-likeness (QED) is 0.358. The average Bonchev–Trinajstić information content (AvgIpc) is 2.81. The first-order valence-corrected chi connectivity index (χ1v) is 13.0. The minimum atomic E-state index is -0.665. The number of ether oxygens (including phenoxy) is 3. The molecule has 1 aliphatic heterocycles. The van der Waals surface area contributed by atoms with Gasteiger partial charge in [-0.05, 0) is 64.2 Å². The Kier molecular flexibility index (Phi) is 8.43. The Bertz CT molecular complexity index is 1390. The van der Waals surface area contributed by atoms with Gasteiger partial charge in [0.1, 0.15) is 16.9 Å². The van der Waals surface area contributed by atoms with Crippen LogP contribution < -0.4 is 15.5 Å². The van der Waals surface area contributed by atoms with Crippen LogP contribution in [0.3, 0.4) is 0 Å². The Morgan fingerprint density at radius 3 is 2.33 bits per heavy atom. The van der Waals surface area contributed by atoms with Crippen LogP contribution in [0.2, 0.25) is 0 Å². The van der Waals surface area contributed by atoms with E-state index in [1.165, 1.54) is 19.4 Å². The van der Waals surface area contributed by atoms with Gasteiger partial charge in [-0.1, -0.05) is 20.8 Å². The smallest absolute Gasteiger partial charge is 0.411 e. The maximum absolute atomic E-state index is 13.0. The van der Waals surface area contributed by atoms with Gasteiger partial charge in [0, 0.05) is 46.9 Å². The number of hydrogen-bond acceptors (Lipinski definition) is 7. The Hall–Kier alpha value is -3.88. The van der Waals surface area contributed by atoms with E-state index in [1.54, 1.807) is 40.8 Å². The van der Waals surface area contributed by atoms with E-state index >= 15 is 0 Å². The maximum Gasteiger partial charge on any atom is 0.411 e. The second-order valence-corrected chi connectivity index (χ2v) is 11.7. The van der Waals surface area contributed by atoms with Crippen molar-refractivity contribution in [3.63, 3.8) is 0 Å². The van der Waals surface area contributed by atoms with E-state index in [-0.39, 0.29) is 29.3 Å². The van der Waals surface area contributed by atoms with Crippen LogP contribution >= 0.6 is 0 Å². The van der Waals surface area contributed by atoms with Crippen molar-refractivity contribution in [2.75, 3.05) is 13.7 Å². The number of pyridine rings is 1. The molecule has 39 heavy (non-hydrogen) atoms. The van der Waals surface area contributed by atoms with Gasteiger partial charge in [-0.2, -0.15) is 0 Å². The molecule has 1 unspecified atom stereocenters. The van der Waals surface area contributed by atoms with Crippen LogP contribution in [0.4, 0.5) is 4.79 Å². The number of rotatable bonds is 6. The van der Waals surface area contributed by atoms with Crippen molar-refractivity contribution in [2.24, 2.45) is 5.41 Å². The van der Waals surface area contributed by atoms with Gasteiger partial charge >= 0.3 is 12.1 Å². The predicted molar refractivity (Wildman–Crippen MR) is 152 cm³/mol. The monoisotopic (exact) mass is 537 g/mol. The lowest BCUT2D eigenvalue weighted by atomic mass is 9.78. The van der Waals surface area contributed by atoms with Crippen LogP contribution in [0.25, 0.3) is 16.8 Å². The second kappa shape index (κ2) is 11.1. The summed E-state index contributed by atoms with van der Waals surface area (Å²) in [6, 6.07) is 5.18. The zero-order valence-electron chi connectivity index (χ0n) is 24.3. The van der Waals surface area contributed by atoms with Crippen LogP contribution in [0, 0.1) is 10.8 Å². The average molecular weight is 538 g/mol. The molecule has 1 aromatic carbocycles. The van der Waals surface area contributed by atoms with Crippen LogP contribution in [-0.4, -0.2) is 41.7 Å². The minimum Gasteiger partial charge on any atom is -0.496 e. The number of methoxy groups -OCH3 is 1. The Labute approximate surface area is 229 Å². The number of nitrogens with one attached hydrogen (secondary N) is 2. The Balaban J connectivity index is 2.20. The standard InChI is InChI=1S/C30H39N3O6/c1-10-38-27(35)22-16-33-23(14-24(22)34)19-13-25(37-9)20(11-18(19)12-26(33)29(3,4)5)21(17(2)31)15-32-28(36)39-30(6,7)8/h11,13-16,26,31H,10,12H2,1-9H3,(H,32,36)/b21-15+,31-17?. The number of amides is 1. The van der Waals surface area contributed by atoms with Gasteiger partial charge in [0.25, 0.3) is 0 Å². The van der Waals surface area contributed by atoms with Gasteiger partial charge in [0.05, 0.1) is 19.4 Å². The molecule has 1 aliphatic rings. The molecule has 2 heterocycles. The van der Waals surface area contributed by atoms with Crippen molar-refractivity contribution in [2.45, 2.75) is 73.5 Å². The van der Waals surface area contributed by atoms with Gasteiger partial charge < -0.3 is 24.2 Å². The number of benzene rings is 1. The molecule has 1 amide bonds. The highest BCUT2D eigenvalue weighted by Crippen LogP contribution is 2.45. The number of nitrogens with zero attached hydrogens (tertiary/aromatic N) is 1. The summed E-state index contributed by atoms with van der Waals surface area (Å²) in [5.41, 5.74) is 2.44. The fourth-order valence-corrected chi connectivity index (χ4v) is 4.65. The number of esters is 1. The van der Waals surface area contributed by atoms with Crippen molar-refractivity contribution in [1.82, 2.24) is 9.88 Å². The van der Waals surface area contributed by atoms with Gasteiger partial charge in [0.15, 0.2) is 5.43 Å². The normalized spacial score (nSPS) is 15.1. The topological polar surface area (TPSA) is 120 Å². The van der Waals surface area contributed by atoms with E-state index in [1.807, 2.05) is 16.7 Å². The van der Waals surface area contributed by atoms with Crippen molar-refractivity contribution in [3.8, 4) is 17.0 Å². The highest BCUT2D eigenvalue weighted by atomic mass is 16.6. The number of allylic oxidation sites excluding steroid dienone is 1. The number of carbonyl (C=O) groups is 2. The minimum absolute atomic E-state index is 0.000229. The molecule has 0 bridgehead atoms. The lowest BCUT2D eigenvalue weighted by Crippen LogP contribution is -2.33. The summed E-state index contributed by atoms with van der Waals surface area (Å²) < 4.78 is 18.2. The number of hydrogen-bond donors (Lipinski definition) is 2. The predicted octanol–water partition coefficient (Wildman–Crippen LogP) is 5.75. The van der Waals surface area contributed by atoms with Crippen LogP contribution in [0.1, 0.15) is 82.9 Å². The first kappa shape index (κ1) is 29.7. The molecule has 0 saturated carbocycles. The van der Waals surface area contributed by atoms with Gasteiger partial charge in [-0.15, -0.1) is 0 Å². The molecule has 2 N–H and O–H groups in total. The summed E-state index contributed by atoms with van der Waals surface area (Å²) in [5, 5.41) is 11.0. The number of carbonyl (C=O) groups excluding carboxylic acids is 2. The van der Waals surface area contributed by atoms with E-state index < -0.39 is 23.1 Å². The van der Waals surface area contributed by atoms with Gasteiger partial charge in [-0.25, -0.2) is 9.59 Å². The second-order valence-electron chi connectivity index (χ2n) is 11.7. The summed E-state index contributed by atoms with van der Waals surface area (Å²) in [4.78, 5) is 37.8. The van der Waals surface area contributed by atoms with Gasteiger partial charge in [-0.3, -0.25) is 10.1 Å². The fourth-order valence-electron chi connectivity index (χ4n) is 4.65. The van der Waals surface area contributed by atoms with Crippen LogP contribution in [0.5, 0.6) is 5.75 Å². The maximum atomic E-state index is 13.0. The number of fused-ring (bicyclic) bond motifs is 3. The molecular formula is C30H39N3O6. The van der Waals surface area contributed by atoms with E-state index in [9.17, 15) is 14.4 Å². The van der Waals surface area contributed by atoms with E-state index in [0.717, 1.165) is 11.1 Å². The molecule has 0 fully saturated rings. The first-order chi connectivity index (χ1) is 18.1. The molecule has 0 radical (unpaired) electrons. The van der Waals surface area contributed by atoms with Crippen molar-refractivity contribution < 1.29 is 23.8 Å². The third-order valence-electron chi connectivity index (χ3n) is 6.45. The van der Waals surface area contributed by atoms with Crippen molar-refractivity contribution in [3.05, 3.63) is 57.5 Å². The molecule has 1 aromatic heterocycles. The molecule has 0 saturated heterocycles. The summed E-state index contributed by atoms with van der Waals surface area (Å²) in [5.74, 6) is -0.168. The number of alkyl carbamates (subject to hydrolysis) is 1. The van der Waals surface area contributed by atoms with Crippen LogP contribution in [0.15, 0.2) is 35.4 Å². The third kappa shape index (κ3) is 6.58. The highest BCUT2D eigenvalue weighted by molar-refractivity contribution is 6.22. The van der Waals surface area contributed by atoms with E-state index in [0.29, 0.717) is 29.0 Å².